The number of hydrogen-bond donors (Lipinski definition) is 0. The molecule has 0 amide bonds. The van der Waals surface area contributed by atoms with Gasteiger partial charge in [-0.05, 0) is 31.2 Å². The molecule has 0 atom stereocenters. The second kappa shape index (κ2) is 16.9. The van der Waals surface area contributed by atoms with Gasteiger partial charge in [-0.2, -0.15) is 24.3 Å². The van der Waals surface area contributed by atoms with Crippen LogP contribution in [-0.4, -0.2) is 0 Å². The van der Waals surface area contributed by atoms with Crippen LogP contribution in [0.25, 0.3) is 10.8 Å². The van der Waals surface area contributed by atoms with Gasteiger partial charge in [-0.3, -0.25) is 0 Å². The molecule has 31 heavy (non-hydrogen) atoms. The fraction of sp³-hybridized carbons (Fsp3) is 0.167. The van der Waals surface area contributed by atoms with Gasteiger partial charge >= 0.3 is 0 Å². The Morgan fingerprint density at radius 1 is 0.742 bits per heavy atom. The Hall–Kier alpha value is -1.73. The zero-order chi connectivity index (χ0) is 16.9. The van der Waals surface area contributed by atoms with Crippen molar-refractivity contribution in [2.24, 2.45) is 0 Å². The van der Waals surface area contributed by atoms with E-state index in [1.54, 1.807) is 11.1 Å². The van der Waals surface area contributed by atoms with Gasteiger partial charge in [0.1, 0.15) is 0 Å². The van der Waals surface area contributed by atoms with Gasteiger partial charge < -0.3 is 37.1 Å². The van der Waals surface area contributed by atoms with E-state index in [4.69, 9.17) is 0 Å². The Kier molecular flexibility index (Phi) is 18.5. The van der Waals surface area contributed by atoms with Crippen molar-refractivity contribution in [1.82, 2.24) is 0 Å². The SMILES string of the molecule is [CH3-].[CH3-].[CH3-].[CH3-].[CH3-].[Hf].c1cc[cH-]c1.c1ccc(CC[c-]2ccc3cc4c(cc32)CCC4)cc1. The maximum Gasteiger partial charge on any atom is 0 e. The molecule has 0 aliphatic heterocycles. The van der Waals surface area contributed by atoms with E-state index < -0.39 is 0 Å². The molecule has 170 valence electrons. The van der Waals surface area contributed by atoms with E-state index in [0.29, 0.717) is 0 Å². The number of aryl methyl sites for hydroxylation is 4. The normalized spacial score (nSPS) is 10.2. The molecule has 4 aromatic carbocycles. The van der Waals surface area contributed by atoms with Crippen molar-refractivity contribution in [1.29, 1.82) is 0 Å². The van der Waals surface area contributed by atoms with E-state index in [0.717, 1.165) is 12.8 Å². The molecule has 1 aliphatic rings. The van der Waals surface area contributed by atoms with Gasteiger partial charge in [0.25, 0.3) is 0 Å². The van der Waals surface area contributed by atoms with Crippen molar-refractivity contribution in [3.63, 3.8) is 0 Å². The van der Waals surface area contributed by atoms with Gasteiger partial charge in [0.2, 0.25) is 0 Å². The van der Waals surface area contributed by atoms with Gasteiger partial charge in [-0.15, -0.1) is 34.5 Å². The van der Waals surface area contributed by atoms with Gasteiger partial charge in [0.15, 0.2) is 0 Å². The van der Waals surface area contributed by atoms with E-state index >= 15 is 0 Å². The molecular formula is C30H39Hf-7. The van der Waals surface area contributed by atoms with Crippen molar-refractivity contribution in [2.75, 3.05) is 0 Å². The van der Waals surface area contributed by atoms with E-state index in [1.165, 1.54) is 41.2 Å². The quantitative estimate of drug-likeness (QED) is 0.169. The Morgan fingerprint density at radius 2 is 1.35 bits per heavy atom. The summed E-state index contributed by atoms with van der Waals surface area (Å²) >= 11 is 0. The Bertz CT molecular complexity index is 897. The molecule has 0 N–H and O–H groups in total. The fourth-order valence-electron chi connectivity index (χ4n) is 3.80. The molecule has 0 saturated heterocycles. The largest absolute Gasteiger partial charge is 0.358 e. The summed E-state index contributed by atoms with van der Waals surface area (Å²) in [5.41, 5.74) is 6.11. The third-order valence-corrected chi connectivity index (χ3v) is 5.16. The summed E-state index contributed by atoms with van der Waals surface area (Å²) in [7, 11) is 0. The molecule has 0 radical (unpaired) electrons. The summed E-state index contributed by atoms with van der Waals surface area (Å²) in [5, 5.41) is 2.93. The zero-order valence-corrected chi connectivity index (χ0v) is 23.7. The molecule has 5 rings (SSSR count). The number of benzene rings is 2. The summed E-state index contributed by atoms with van der Waals surface area (Å²) < 4.78 is 0. The van der Waals surface area contributed by atoms with Crippen LogP contribution >= 0.6 is 0 Å². The number of hydrogen-bond acceptors (Lipinski definition) is 0. The first-order valence-electron chi connectivity index (χ1n) is 9.31. The third kappa shape index (κ3) is 8.73. The molecule has 4 aromatic rings. The summed E-state index contributed by atoms with van der Waals surface area (Å²) in [6, 6.07) is 30.3. The molecule has 0 fully saturated rings. The molecule has 0 heterocycles. The van der Waals surface area contributed by atoms with E-state index in [1.807, 2.05) is 30.3 Å². The minimum absolute atomic E-state index is 0. The smallest absolute Gasteiger partial charge is 0 e. The average Bonchev–Trinajstić information content (AvgIpc) is 3.41. The topological polar surface area (TPSA) is 0 Å². The summed E-state index contributed by atoms with van der Waals surface area (Å²) in [6.45, 7) is 0. The van der Waals surface area contributed by atoms with Crippen LogP contribution in [0.1, 0.15) is 28.7 Å². The number of fused-ring (bicyclic) bond motifs is 2. The van der Waals surface area contributed by atoms with Crippen molar-refractivity contribution in [2.45, 2.75) is 32.1 Å². The zero-order valence-electron chi connectivity index (χ0n) is 20.1. The van der Waals surface area contributed by atoms with Gasteiger partial charge in [0.05, 0.1) is 0 Å². The fourth-order valence-corrected chi connectivity index (χ4v) is 3.80. The van der Waals surface area contributed by atoms with Crippen LogP contribution in [0, 0.1) is 37.1 Å². The predicted molar refractivity (Wildman–Crippen MR) is 140 cm³/mol. The molecule has 0 aromatic heterocycles. The Balaban J connectivity index is -0.000000639. The summed E-state index contributed by atoms with van der Waals surface area (Å²) in [5.74, 6) is 0. The molecule has 1 heteroatoms. The molecular weight excluding hydrogens is 539 g/mol. The molecule has 0 saturated carbocycles. The van der Waals surface area contributed by atoms with Gasteiger partial charge in [-0.25, -0.2) is 12.1 Å². The van der Waals surface area contributed by atoms with E-state index in [-0.39, 0.29) is 63.0 Å². The molecule has 1 aliphatic carbocycles. The van der Waals surface area contributed by atoms with Crippen LogP contribution in [0.15, 0.2) is 84.9 Å². The van der Waals surface area contributed by atoms with Crippen molar-refractivity contribution in [3.8, 4) is 0 Å². The first-order valence-corrected chi connectivity index (χ1v) is 9.31. The predicted octanol–water partition coefficient (Wildman–Crippen LogP) is 8.49. The molecule has 0 unspecified atom stereocenters. The second-order valence-electron chi connectivity index (χ2n) is 6.87. The van der Waals surface area contributed by atoms with Crippen LogP contribution in [0.2, 0.25) is 0 Å². The third-order valence-electron chi connectivity index (χ3n) is 5.16. The van der Waals surface area contributed by atoms with Crippen LogP contribution in [0.4, 0.5) is 0 Å². The standard InChI is InChI=1S/C20H19.C5H5.5CH3.Hf/c1-2-5-15(6-3-1)9-10-16-11-12-19-13-17-7-4-8-18(17)14-20(16)19;1-2-4-5-3-1;;;;;;/h1-3,5-6,11-14H,4,7-10H2;1-5H;5*1H3;/q7*-1;. The maximum atomic E-state index is 2.46. The molecule has 0 bridgehead atoms. The first kappa shape index (κ1) is 33.9. The van der Waals surface area contributed by atoms with Crippen LogP contribution in [0.3, 0.4) is 0 Å². The average molecular weight is 578 g/mol. The minimum Gasteiger partial charge on any atom is -0.358 e. The van der Waals surface area contributed by atoms with Gasteiger partial charge in [0, 0.05) is 25.8 Å². The second-order valence-corrected chi connectivity index (χ2v) is 6.87. The van der Waals surface area contributed by atoms with E-state index in [2.05, 4.69) is 54.6 Å². The van der Waals surface area contributed by atoms with Crippen molar-refractivity contribution < 1.29 is 25.8 Å². The van der Waals surface area contributed by atoms with Gasteiger partial charge in [-0.1, -0.05) is 47.9 Å². The number of rotatable bonds is 3. The summed E-state index contributed by atoms with van der Waals surface area (Å²) in [6.07, 6.45) is 6.16. The molecule has 0 nitrogen and oxygen atoms in total. The van der Waals surface area contributed by atoms with Crippen LogP contribution < -0.4 is 0 Å². The minimum atomic E-state index is 0. The Morgan fingerprint density at radius 3 is 1.94 bits per heavy atom. The van der Waals surface area contributed by atoms with Crippen molar-refractivity contribution >= 4 is 10.8 Å². The van der Waals surface area contributed by atoms with Crippen LogP contribution in [-0.2, 0) is 51.5 Å². The monoisotopic (exact) mass is 579 g/mol. The first-order chi connectivity index (χ1) is 12.4. The van der Waals surface area contributed by atoms with Crippen molar-refractivity contribution in [3.05, 3.63) is 144 Å². The maximum absolute atomic E-state index is 2.46. The summed E-state index contributed by atoms with van der Waals surface area (Å²) in [4.78, 5) is 0. The van der Waals surface area contributed by atoms with E-state index in [9.17, 15) is 0 Å². The molecule has 0 spiro atoms. The van der Waals surface area contributed by atoms with Crippen LogP contribution in [0.5, 0.6) is 0 Å². The Labute approximate surface area is 212 Å².